The van der Waals surface area contributed by atoms with E-state index in [9.17, 15) is 22.8 Å². The van der Waals surface area contributed by atoms with Crippen LogP contribution in [0.3, 0.4) is 0 Å². The third-order valence-electron chi connectivity index (χ3n) is 6.12. The number of urea groups is 1. The van der Waals surface area contributed by atoms with Crippen LogP contribution in [0.4, 0.5) is 29.3 Å². The number of thiocarbonyl (C=S) groups is 1. The van der Waals surface area contributed by atoms with Crippen LogP contribution in [0.2, 0.25) is 0 Å². The Balaban J connectivity index is 1.78. The number of amides is 2. The van der Waals surface area contributed by atoms with E-state index in [1.807, 2.05) is 0 Å². The largest absolute Gasteiger partial charge is 0.462 e. The van der Waals surface area contributed by atoms with E-state index in [0.29, 0.717) is 16.9 Å². The molecule has 0 aromatic heterocycles. The van der Waals surface area contributed by atoms with Gasteiger partial charge in [0.2, 0.25) is 0 Å². The van der Waals surface area contributed by atoms with E-state index < -0.39 is 28.7 Å². The molecule has 0 saturated heterocycles. The highest BCUT2D eigenvalue weighted by molar-refractivity contribution is 7.80. The number of alkyl halides is 3. The number of nitrogens with two attached hydrogens (primary N) is 1. The van der Waals surface area contributed by atoms with Crippen LogP contribution in [0, 0.1) is 5.41 Å². The quantitative estimate of drug-likeness (QED) is 0.173. The highest BCUT2D eigenvalue weighted by Gasteiger charge is 2.36. The number of esters is 1. The number of anilines is 2. The standard InChI is InChI=1S/C27H34F3N5O3S/c1-25(2,3)22(36)38-15-26(4,17-8-6-9-18(13-17)27(28,29)30)35-24(39)34-20-10-5-7-16(21(20)31)14-32-23(37)33-19-11-12-19/h5-10,13,19H,11-12,14-15,31H2,1-4H3,(H2,32,33,37)(H2,34,35,39). The van der Waals surface area contributed by atoms with Gasteiger partial charge < -0.3 is 31.7 Å². The first-order valence-electron chi connectivity index (χ1n) is 12.4. The molecule has 1 aliphatic carbocycles. The van der Waals surface area contributed by atoms with Gasteiger partial charge in [0.25, 0.3) is 0 Å². The molecule has 1 unspecified atom stereocenters. The molecule has 212 valence electrons. The van der Waals surface area contributed by atoms with Crippen molar-refractivity contribution in [2.75, 3.05) is 17.7 Å². The molecule has 8 nitrogen and oxygen atoms in total. The molecule has 1 aliphatic rings. The van der Waals surface area contributed by atoms with Crippen LogP contribution in [-0.2, 0) is 27.8 Å². The van der Waals surface area contributed by atoms with Crippen molar-refractivity contribution >= 4 is 40.7 Å². The number of nitrogens with one attached hydrogen (secondary N) is 4. The summed E-state index contributed by atoms with van der Waals surface area (Å²) in [5, 5.41) is 11.6. The number of hydrogen-bond donors (Lipinski definition) is 5. The third kappa shape index (κ3) is 8.47. The van der Waals surface area contributed by atoms with Gasteiger partial charge in [0.15, 0.2) is 5.11 Å². The van der Waals surface area contributed by atoms with Crippen LogP contribution in [0.5, 0.6) is 0 Å². The first-order valence-corrected chi connectivity index (χ1v) is 12.9. The molecule has 1 atom stereocenters. The Kier molecular flexibility index (Phi) is 8.99. The summed E-state index contributed by atoms with van der Waals surface area (Å²) in [7, 11) is 0. The van der Waals surface area contributed by atoms with Crippen LogP contribution < -0.4 is 27.0 Å². The normalized spacial score (nSPS) is 15.1. The van der Waals surface area contributed by atoms with E-state index >= 15 is 0 Å². The highest BCUT2D eigenvalue weighted by Crippen LogP contribution is 2.33. The topological polar surface area (TPSA) is 118 Å². The number of rotatable bonds is 8. The fraction of sp³-hybridized carbons (Fsp3) is 0.444. The van der Waals surface area contributed by atoms with Crippen molar-refractivity contribution in [2.24, 2.45) is 5.41 Å². The smallest absolute Gasteiger partial charge is 0.416 e. The Morgan fingerprint density at radius 3 is 2.31 bits per heavy atom. The van der Waals surface area contributed by atoms with Crippen molar-refractivity contribution in [1.29, 1.82) is 0 Å². The van der Waals surface area contributed by atoms with Gasteiger partial charge in [-0.05, 0) is 82.1 Å². The lowest BCUT2D eigenvalue weighted by atomic mass is 9.91. The molecule has 2 aromatic carbocycles. The number of carbonyl (C=O) groups is 2. The van der Waals surface area contributed by atoms with Crippen LogP contribution >= 0.6 is 12.2 Å². The van der Waals surface area contributed by atoms with Gasteiger partial charge in [-0.1, -0.05) is 24.3 Å². The molecule has 12 heteroatoms. The van der Waals surface area contributed by atoms with E-state index in [4.69, 9.17) is 22.7 Å². The monoisotopic (exact) mass is 565 g/mol. The zero-order valence-corrected chi connectivity index (χ0v) is 23.1. The lowest BCUT2D eigenvalue weighted by molar-refractivity contribution is -0.155. The molecular formula is C27H34F3N5O3S. The zero-order chi connectivity index (χ0) is 29.0. The summed E-state index contributed by atoms with van der Waals surface area (Å²) in [4.78, 5) is 24.4. The summed E-state index contributed by atoms with van der Waals surface area (Å²) in [5.41, 5.74) is 4.97. The average Bonchev–Trinajstić information content (AvgIpc) is 3.66. The number of hydrogen-bond acceptors (Lipinski definition) is 5. The molecule has 3 rings (SSSR count). The second-order valence-electron chi connectivity index (χ2n) is 10.8. The van der Waals surface area contributed by atoms with Gasteiger partial charge in [0, 0.05) is 12.6 Å². The Bertz CT molecular complexity index is 1230. The van der Waals surface area contributed by atoms with Gasteiger partial charge >= 0.3 is 18.2 Å². The number of nitrogen functional groups attached to an aromatic ring is 1. The summed E-state index contributed by atoms with van der Waals surface area (Å²) >= 11 is 5.49. The lowest BCUT2D eigenvalue weighted by Gasteiger charge is -2.33. The maximum Gasteiger partial charge on any atom is 0.416 e. The summed E-state index contributed by atoms with van der Waals surface area (Å²) in [5.74, 6) is -0.517. The van der Waals surface area contributed by atoms with E-state index in [-0.39, 0.29) is 35.9 Å². The molecule has 6 N–H and O–H groups in total. The molecule has 0 bridgehead atoms. The van der Waals surface area contributed by atoms with Gasteiger partial charge in [-0.25, -0.2) is 4.79 Å². The molecule has 39 heavy (non-hydrogen) atoms. The molecule has 1 saturated carbocycles. The minimum Gasteiger partial charge on any atom is -0.462 e. The molecular weight excluding hydrogens is 531 g/mol. The Hall–Kier alpha value is -3.54. The Morgan fingerprint density at radius 2 is 1.69 bits per heavy atom. The summed E-state index contributed by atoms with van der Waals surface area (Å²) in [6.07, 6.45) is -2.63. The van der Waals surface area contributed by atoms with Crippen LogP contribution in [0.1, 0.15) is 57.2 Å². The predicted octanol–water partition coefficient (Wildman–Crippen LogP) is 5.04. The van der Waals surface area contributed by atoms with E-state index in [0.717, 1.165) is 25.0 Å². The SMILES string of the molecule is CC(C)(C)C(=O)OCC(C)(NC(=S)Nc1cccc(CNC(=O)NC2CC2)c1N)c1cccc(C(F)(F)F)c1. The van der Waals surface area contributed by atoms with Crippen molar-refractivity contribution < 1.29 is 27.5 Å². The lowest BCUT2D eigenvalue weighted by Crippen LogP contribution is -2.49. The molecule has 0 aliphatic heterocycles. The van der Waals surface area contributed by atoms with E-state index in [1.54, 1.807) is 45.9 Å². The van der Waals surface area contributed by atoms with Crippen molar-refractivity contribution in [3.8, 4) is 0 Å². The van der Waals surface area contributed by atoms with Gasteiger partial charge in [-0.15, -0.1) is 0 Å². The van der Waals surface area contributed by atoms with Crippen molar-refractivity contribution in [2.45, 2.75) is 64.8 Å². The van der Waals surface area contributed by atoms with E-state index in [1.165, 1.54) is 12.1 Å². The van der Waals surface area contributed by atoms with Crippen molar-refractivity contribution in [3.05, 3.63) is 59.2 Å². The minimum atomic E-state index is -4.56. The average molecular weight is 566 g/mol. The zero-order valence-electron chi connectivity index (χ0n) is 22.3. The van der Waals surface area contributed by atoms with Crippen molar-refractivity contribution in [3.63, 3.8) is 0 Å². The molecule has 2 aromatic rings. The minimum absolute atomic E-state index is 0.0463. The van der Waals surface area contributed by atoms with Crippen LogP contribution in [0.25, 0.3) is 0 Å². The second-order valence-corrected chi connectivity index (χ2v) is 11.2. The van der Waals surface area contributed by atoms with Gasteiger partial charge in [0.1, 0.15) is 6.61 Å². The highest BCUT2D eigenvalue weighted by atomic mass is 32.1. The third-order valence-corrected chi connectivity index (χ3v) is 6.32. The first kappa shape index (κ1) is 30.0. The first-order chi connectivity index (χ1) is 18.1. The molecule has 0 spiro atoms. The number of benzene rings is 2. The molecule has 0 radical (unpaired) electrons. The fourth-order valence-electron chi connectivity index (χ4n) is 3.58. The number of carbonyl (C=O) groups excluding carboxylic acids is 2. The maximum absolute atomic E-state index is 13.4. The van der Waals surface area contributed by atoms with Crippen molar-refractivity contribution in [1.82, 2.24) is 16.0 Å². The van der Waals surface area contributed by atoms with Crippen LogP contribution in [-0.4, -0.2) is 29.8 Å². The summed E-state index contributed by atoms with van der Waals surface area (Å²) < 4.78 is 45.8. The maximum atomic E-state index is 13.4. The fourth-order valence-corrected chi connectivity index (χ4v) is 3.91. The second kappa shape index (κ2) is 11.7. The summed E-state index contributed by atoms with van der Waals surface area (Å²) in [6.45, 7) is 6.52. The molecule has 2 amide bonds. The Morgan fingerprint density at radius 1 is 1.05 bits per heavy atom. The number of ether oxygens (including phenoxy) is 1. The van der Waals surface area contributed by atoms with Crippen LogP contribution in [0.15, 0.2) is 42.5 Å². The van der Waals surface area contributed by atoms with Gasteiger partial charge in [-0.3, -0.25) is 4.79 Å². The number of para-hydroxylation sites is 1. The summed E-state index contributed by atoms with van der Waals surface area (Å²) in [6, 6.07) is 9.85. The Labute approximate surface area is 231 Å². The van der Waals surface area contributed by atoms with Gasteiger partial charge in [-0.2, -0.15) is 13.2 Å². The molecule has 0 heterocycles. The van der Waals surface area contributed by atoms with Gasteiger partial charge in [0.05, 0.1) is 27.9 Å². The predicted molar refractivity (Wildman–Crippen MR) is 148 cm³/mol. The molecule has 1 fully saturated rings. The number of halogens is 3. The van der Waals surface area contributed by atoms with E-state index in [2.05, 4.69) is 21.3 Å².